The predicted molar refractivity (Wildman–Crippen MR) is 173 cm³/mol. The van der Waals surface area contributed by atoms with Gasteiger partial charge in [0, 0.05) is 25.2 Å². The van der Waals surface area contributed by atoms with Gasteiger partial charge in [-0.3, -0.25) is 23.5 Å². The van der Waals surface area contributed by atoms with E-state index in [9.17, 15) is 19.2 Å². The van der Waals surface area contributed by atoms with Crippen LogP contribution in [0.5, 0.6) is 11.5 Å². The lowest BCUT2D eigenvalue weighted by atomic mass is 9.94. The van der Waals surface area contributed by atoms with Crippen molar-refractivity contribution < 1.29 is 19.1 Å². The smallest absolute Gasteiger partial charge is 0.332 e. The number of methoxy groups -OCH3 is 2. The summed E-state index contributed by atoms with van der Waals surface area (Å²) in [5, 5.41) is 3.29. The van der Waals surface area contributed by atoms with Crippen LogP contribution in [0.3, 0.4) is 0 Å². The highest BCUT2D eigenvalue weighted by Crippen LogP contribution is 2.27. The monoisotopic (exact) mass is 612 g/mol. The summed E-state index contributed by atoms with van der Waals surface area (Å²) in [6.07, 6.45) is 5.90. The van der Waals surface area contributed by atoms with Gasteiger partial charge < -0.3 is 19.7 Å². The lowest BCUT2D eigenvalue weighted by molar-refractivity contribution is -0.133. The summed E-state index contributed by atoms with van der Waals surface area (Å²) in [5.74, 6) is 0.896. The fourth-order valence-electron chi connectivity index (χ4n) is 5.98. The van der Waals surface area contributed by atoms with Crippen LogP contribution in [0.1, 0.15) is 53.6 Å². The summed E-state index contributed by atoms with van der Waals surface area (Å²) >= 11 is 0. The Morgan fingerprint density at radius 1 is 0.867 bits per heavy atom. The number of likely N-dealkylation sites (N-methyl/N-ethyl adjacent to an activating group) is 1. The molecule has 1 N–H and O–H groups in total. The number of rotatable bonds is 11. The summed E-state index contributed by atoms with van der Waals surface area (Å²) in [6.45, 7) is 0.294. The van der Waals surface area contributed by atoms with E-state index >= 15 is 0 Å². The van der Waals surface area contributed by atoms with E-state index in [0.29, 0.717) is 46.5 Å². The fraction of sp³-hybridized carbons (Fsp3) is 0.371. The first kappa shape index (κ1) is 31.6. The van der Waals surface area contributed by atoms with Crippen LogP contribution in [-0.4, -0.2) is 59.7 Å². The number of hydrogen-bond donors (Lipinski definition) is 1. The Morgan fingerprint density at radius 3 is 2.27 bits per heavy atom. The predicted octanol–water partition coefficient (Wildman–Crippen LogP) is 3.99. The number of carbonyl (C=O) groups excluding carboxylic acids is 2. The molecule has 0 spiro atoms. The van der Waals surface area contributed by atoms with Crippen LogP contribution in [-0.2, 0) is 24.3 Å². The summed E-state index contributed by atoms with van der Waals surface area (Å²) in [5.41, 5.74) is 1.62. The molecule has 0 saturated heterocycles. The number of amides is 2. The van der Waals surface area contributed by atoms with Gasteiger partial charge in [0.2, 0.25) is 5.91 Å². The van der Waals surface area contributed by atoms with Crippen molar-refractivity contribution in [2.45, 2.75) is 57.7 Å². The molecular formula is C35H40N4O6. The van der Waals surface area contributed by atoms with Crippen LogP contribution in [0.2, 0.25) is 0 Å². The Kier molecular flexibility index (Phi) is 10.0. The number of para-hydroxylation sites is 1. The van der Waals surface area contributed by atoms with Gasteiger partial charge in [0.05, 0.1) is 31.7 Å². The lowest BCUT2D eigenvalue weighted by Gasteiger charge is -2.31. The molecule has 4 aromatic rings. The molecule has 1 aliphatic carbocycles. The first-order chi connectivity index (χ1) is 21.8. The third-order valence-corrected chi connectivity index (χ3v) is 8.65. The second-order valence-electron chi connectivity index (χ2n) is 11.5. The van der Waals surface area contributed by atoms with E-state index in [1.165, 1.54) is 11.0 Å². The number of nitrogens with one attached hydrogen (secondary N) is 1. The van der Waals surface area contributed by atoms with Crippen molar-refractivity contribution >= 4 is 22.7 Å². The Balaban J connectivity index is 1.29. The highest BCUT2D eigenvalue weighted by atomic mass is 16.5. The van der Waals surface area contributed by atoms with Crippen LogP contribution < -0.4 is 26.0 Å². The number of benzene rings is 3. The van der Waals surface area contributed by atoms with Gasteiger partial charge in [0.1, 0.15) is 6.54 Å². The number of nitrogens with zero attached hydrogens (tertiary/aromatic N) is 3. The van der Waals surface area contributed by atoms with E-state index in [2.05, 4.69) is 5.32 Å². The number of ether oxygens (including phenoxy) is 2. The SMILES string of the molecule is COc1ccc(CCNC(=O)c2ccc(Cn3c(=O)c4ccccc4n(CC(=O)N(C)C4CCCCC4)c3=O)cc2)cc1OC. The van der Waals surface area contributed by atoms with Crippen LogP contribution in [0.4, 0.5) is 0 Å². The molecule has 0 unspecified atom stereocenters. The minimum Gasteiger partial charge on any atom is -0.493 e. The molecular weight excluding hydrogens is 572 g/mol. The maximum atomic E-state index is 13.7. The van der Waals surface area contributed by atoms with Gasteiger partial charge in [0.25, 0.3) is 11.5 Å². The Morgan fingerprint density at radius 2 is 1.56 bits per heavy atom. The van der Waals surface area contributed by atoms with Crippen LogP contribution in [0, 0.1) is 0 Å². The van der Waals surface area contributed by atoms with Gasteiger partial charge in [-0.2, -0.15) is 0 Å². The molecule has 0 aliphatic heterocycles. The van der Waals surface area contributed by atoms with Crippen LogP contribution in [0.25, 0.3) is 10.9 Å². The summed E-state index contributed by atoms with van der Waals surface area (Å²) in [4.78, 5) is 55.0. The third kappa shape index (κ3) is 7.11. The van der Waals surface area contributed by atoms with Crippen LogP contribution in [0.15, 0.2) is 76.3 Å². The molecule has 1 heterocycles. The number of aromatic nitrogens is 2. The summed E-state index contributed by atoms with van der Waals surface area (Å²) in [7, 11) is 4.96. The van der Waals surface area contributed by atoms with Gasteiger partial charge in [-0.1, -0.05) is 49.6 Å². The average Bonchev–Trinajstić information content (AvgIpc) is 3.08. The lowest BCUT2D eigenvalue weighted by Crippen LogP contribution is -2.45. The number of hydrogen-bond acceptors (Lipinski definition) is 6. The maximum absolute atomic E-state index is 13.7. The van der Waals surface area contributed by atoms with Crippen molar-refractivity contribution in [2.75, 3.05) is 27.8 Å². The molecule has 5 rings (SSSR count). The molecule has 3 aromatic carbocycles. The van der Waals surface area contributed by atoms with E-state index in [1.54, 1.807) is 74.7 Å². The molecule has 1 saturated carbocycles. The van der Waals surface area contributed by atoms with Crippen molar-refractivity contribution in [1.82, 2.24) is 19.4 Å². The quantitative estimate of drug-likeness (QED) is 0.274. The van der Waals surface area contributed by atoms with E-state index in [1.807, 2.05) is 18.2 Å². The molecule has 2 amide bonds. The standard InChI is InChI=1S/C35H40N4O6/c1-37(27-9-5-4-6-10-27)32(40)23-38-29-12-8-7-11-28(29)34(42)39(35(38)43)22-25-13-16-26(17-14-25)33(41)36-20-19-24-15-18-30(44-2)31(21-24)45-3/h7-8,11-18,21,27H,4-6,9-10,19-20,22-23H2,1-3H3,(H,36,41). The van der Waals surface area contributed by atoms with Crippen molar-refractivity contribution in [3.63, 3.8) is 0 Å². The molecule has 0 bridgehead atoms. The van der Waals surface area contributed by atoms with Gasteiger partial charge in [-0.25, -0.2) is 4.79 Å². The number of carbonyl (C=O) groups is 2. The van der Waals surface area contributed by atoms with Gasteiger partial charge in [0.15, 0.2) is 11.5 Å². The summed E-state index contributed by atoms with van der Waals surface area (Å²) in [6, 6.07) is 19.5. The average molecular weight is 613 g/mol. The summed E-state index contributed by atoms with van der Waals surface area (Å²) < 4.78 is 13.2. The normalized spacial score (nSPS) is 13.4. The first-order valence-corrected chi connectivity index (χ1v) is 15.4. The molecule has 10 heteroatoms. The highest BCUT2D eigenvalue weighted by Gasteiger charge is 2.24. The van der Waals surface area contributed by atoms with E-state index in [4.69, 9.17) is 9.47 Å². The van der Waals surface area contributed by atoms with E-state index < -0.39 is 11.2 Å². The van der Waals surface area contributed by atoms with Crippen molar-refractivity contribution in [1.29, 1.82) is 0 Å². The molecule has 1 fully saturated rings. The second-order valence-corrected chi connectivity index (χ2v) is 11.5. The fourth-order valence-corrected chi connectivity index (χ4v) is 5.98. The molecule has 236 valence electrons. The Labute approximate surface area is 262 Å². The zero-order valence-electron chi connectivity index (χ0n) is 26.1. The van der Waals surface area contributed by atoms with Gasteiger partial charge in [-0.15, -0.1) is 0 Å². The van der Waals surface area contributed by atoms with Gasteiger partial charge >= 0.3 is 5.69 Å². The van der Waals surface area contributed by atoms with Crippen LogP contribution >= 0.6 is 0 Å². The van der Waals surface area contributed by atoms with Crippen molar-refractivity contribution in [2.24, 2.45) is 0 Å². The third-order valence-electron chi connectivity index (χ3n) is 8.65. The molecule has 0 atom stereocenters. The molecule has 10 nitrogen and oxygen atoms in total. The first-order valence-electron chi connectivity index (χ1n) is 15.4. The molecule has 1 aliphatic rings. The minimum absolute atomic E-state index is 0.0103. The number of fused-ring (bicyclic) bond motifs is 1. The van der Waals surface area contributed by atoms with E-state index in [0.717, 1.165) is 35.8 Å². The molecule has 45 heavy (non-hydrogen) atoms. The maximum Gasteiger partial charge on any atom is 0.332 e. The van der Waals surface area contributed by atoms with Crippen molar-refractivity contribution in [3.05, 3.63) is 104 Å². The zero-order valence-corrected chi connectivity index (χ0v) is 26.1. The highest BCUT2D eigenvalue weighted by molar-refractivity contribution is 5.94. The Hall–Kier alpha value is -4.86. The topological polar surface area (TPSA) is 112 Å². The Bertz CT molecular complexity index is 1790. The minimum atomic E-state index is -0.541. The largest absolute Gasteiger partial charge is 0.493 e. The second kappa shape index (κ2) is 14.3. The zero-order chi connectivity index (χ0) is 31.9. The van der Waals surface area contributed by atoms with E-state index in [-0.39, 0.29) is 30.9 Å². The van der Waals surface area contributed by atoms with Gasteiger partial charge in [-0.05, 0) is 66.8 Å². The molecule has 1 aromatic heterocycles. The van der Waals surface area contributed by atoms with Crippen molar-refractivity contribution in [3.8, 4) is 11.5 Å². The molecule has 0 radical (unpaired) electrons.